The SMILES string of the molecule is COc1cccc(Cc2nc(N3C(=O)[C@H]4CC=CC[C@H]4C3=O)n[nH]2)c1. The minimum absolute atomic E-state index is 0.141. The Balaban J connectivity index is 1.55. The van der Waals surface area contributed by atoms with Crippen LogP contribution in [-0.2, 0) is 16.0 Å². The number of imide groups is 1. The molecule has 1 aliphatic carbocycles. The van der Waals surface area contributed by atoms with Gasteiger partial charge in [0.05, 0.1) is 18.9 Å². The summed E-state index contributed by atoms with van der Waals surface area (Å²) in [6, 6.07) is 7.63. The molecule has 2 aromatic rings. The first-order valence-corrected chi connectivity index (χ1v) is 8.24. The molecule has 0 spiro atoms. The second-order valence-corrected chi connectivity index (χ2v) is 6.28. The van der Waals surface area contributed by atoms with Gasteiger partial charge in [0, 0.05) is 6.42 Å². The summed E-state index contributed by atoms with van der Waals surface area (Å²) in [5, 5.41) is 6.92. The number of hydrogen-bond donors (Lipinski definition) is 1. The normalized spacial score (nSPS) is 22.4. The van der Waals surface area contributed by atoms with Crippen LogP contribution in [-0.4, -0.2) is 34.1 Å². The Morgan fingerprint density at radius 2 is 1.92 bits per heavy atom. The van der Waals surface area contributed by atoms with Crippen LogP contribution in [0.3, 0.4) is 0 Å². The lowest BCUT2D eigenvalue weighted by Crippen LogP contribution is -2.31. The van der Waals surface area contributed by atoms with Crippen LogP contribution in [0.25, 0.3) is 0 Å². The van der Waals surface area contributed by atoms with Gasteiger partial charge in [0.1, 0.15) is 11.6 Å². The molecule has 1 aromatic carbocycles. The van der Waals surface area contributed by atoms with Crippen molar-refractivity contribution in [2.75, 3.05) is 12.0 Å². The summed E-state index contributed by atoms with van der Waals surface area (Å²) in [4.78, 5) is 30.6. The van der Waals surface area contributed by atoms with Gasteiger partial charge in [0.2, 0.25) is 11.8 Å². The number of ether oxygens (including phenoxy) is 1. The standard InChI is InChI=1S/C18H18N4O3/c1-25-12-6-4-5-11(9-12)10-15-19-18(21-20-15)22-16(23)13-7-2-3-8-14(13)17(22)24/h2-6,9,13-14H,7-8,10H2,1H3,(H,19,20,21)/t13-,14+. The molecule has 2 amide bonds. The maximum Gasteiger partial charge on any atom is 0.258 e. The lowest BCUT2D eigenvalue weighted by atomic mass is 9.85. The Kier molecular flexibility index (Phi) is 3.83. The van der Waals surface area contributed by atoms with Crippen LogP contribution in [0.5, 0.6) is 5.75 Å². The second-order valence-electron chi connectivity index (χ2n) is 6.28. The number of nitrogens with one attached hydrogen (secondary N) is 1. The molecule has 1 aliphatic heterocycles. The van der Waals surface area contributed by atoms with E-state index < -0.39 is 0 Å². The van der Waals surface area contributed by atoms with Gasteiger partial charge < -0.3 is 4.74 Å². The number of allylic oxidation sites excluding steroid dienone is 2. The van der Waals surface area contributed by atoms with Gasteiger partial charge in [-0.2, -0.15) is 4.98 Å². The minimum Gasteiger partial charge on any atom is -0.497 e. The van der Waals surface area contributed by atoms with Crippen molar-refractivity contribution in [3.8, 4) is 5.75 Å². The number of aromatic amines is 1. The summed E-state index contributed by atoms with van der Waals surface area (Å²) < 4.78 is 5.21. The molecule has 2 aliphatic rings. The van der Waals surface area contributed by atoms with E-state index >= 15 is 0 Å². The highest BCUT2D eigenvalue weighted by Crippen LogP contribution is 2.36. The van der Waals surface area contributed by atoms with Crippen molar-refractivity contribution in [3.63, 3.8) is 0 Å². The van der Waals surface area contributed by atoms with Crippen LogP contribution < -0.4 is 9.64 Å². The number of carbonyl (C=O) groups is 2. The number of amides is 2. The first-order chi connectivity index (χ1) is 12.2. The molecule has 1 fully saturated rings. The van der Waals surface area contributed by atoms with Gasteiger partial charge in [-0.3, -0.25) is 14.7 Å². The van der Waals surface area contributed by atoms with Crippen molar-refractivity contribution in [2.24, 2.45) is 11.8 Å². The molecule has 1 saturated heterocycles. The predicted octanol–water partition coefficient (Wildman–Crippen LogP) is 1.86. The highest BCUT2D eigenvalue weighted by molar-refractivity contribution is 6.21. The monoisotopic (exact) mass is 338 g/mol. The summed E-state index contributed by atoms with van der Waals surface area (Å²) in [7, 11) is 1.62. The van der Waals surface area contributed by atoms with E-state index in [0.29, 0.717) is 25.1 Å². The van der Waals surface area contributed by atoms with Crippen LogP contribution in [0.2, 0.25) is 0 Å². The van der Waals surface area contributed by atoms with E-state index in [9.17, 15) is 9.59 Å². The van der Waals surface area contributed by atoms with Crippen LogP contribution in [0.4, 0.5) is 5.95 Å². The summed E-state index contributed by atoms with van der Waals surface area (Å²) in [6.07, 6.45) is 5.64. The molecule has 0 saturated carbocycles. The minimum atomic E-state index is -0.280. The number of hydrogen-bond acceptors (Lipinski definition) is 5. The lowest BCUT2D eigenvalue weighted by molar-refractivity contribution is -0.122. The van der Waals surface area contributed by atoms with Gasteiger partial charge >= 0.3 is 0 Å². The Hall–Kier alpha value is -2.96. The zero-order chi connectivity index (χ0) is 17.4. The van der Waals surface area contributed by atoms with E-state index in [0.717, 1.165) is 16.2 Å². The third kappa shape index (κ3) is 2.71. The molecule has 0 unspecified atom stereocenters. The summed E-state index contributed by atoms with van der Waals surface area (Å²) in [5.74, 6) is 0.533. The summed E-state index contributed by atoms with van der Waals surface area (Å²) >= 11 is 0. The van der Waals surface area contributed by atoms with Crippen LogP contribution >= 0.6 is 0 Å². The van der Waals surface area contributed by atoms with Crippen molar-refractivity contribution in [2.45, 2.75) is 19.3 Å². The number of methoxy groups -OCH3 is 1. The molecular formula is C18H18N4O3. The molecule has 7 heteroatoms. The molecule has 2 atom stereocenters. The summed E-state index contributed by atoms with van der Waals surface area (Å²) in [5.41, 5.74) is 0.999. The molecule has 0 bridgehead atoms. The van der Waals surface area contributed by atoms with Gasteiger partial charge in [-0.05, 0) is 30.5 Å². The average Bonchev–Trinajstić information content (AvgIpc) is 3.18. The number of aromatic nitrogens is 3. The maximum absolute atomic E-state index is 12.6. The average molecular weight is 338 g/mol. The third-order valence-corrected chi connectivity index (χ3v) is 4.73. The van der Waals surface area contributed by atoms with Crippen LogP contribution in [0, 0.1) is 11.8 Å². The Bertz CT molecular complexity index is 832. The fraction of sp³-hybridized carbons (Fsp3) is 0.333. The van der Waals surface area contributed by atoms with E-state index in [1.807, 2.05) is 36.4 Å². The van der Waals surface area contributed by atoms with Crippen molar-refractivity contribution < 1.29 is 14.3 Å². The number of anilines is 1. The van der Waals surface area contributed by atoms with E-state index in [-0.39, 0.29) is 29.6 Å². The van der Waals surface area contributed by atoms with Gasteiger partial charge in [0.25, 0.3) is 5.95 Å². The maximum atomic E-state index is 12.6. The predicted molar refractivity (Wildman–Crippen MR) is 90.0 cm³/mol. The number of benzene rings is 1. The molecule has 7 nitrogen and oxygen atoms in total. The first kappa shape index (κ1) is 15.6. The Labute approximate surface area is 144 Å². The zero-order valence-corrected chi connectivity index (χ0v) is 13.8. The van der Waals surface area contributed by atoms with Crippen molar-refractivity contribution >= 4 is 17.8 Å². The number of carbonyl (C=O) groups excluding carboxylic acids is 2. The lowest BCUT2D eigenvalue weighted by Gasteiger charge is -2.14. The van der Waals surface area contributed by atoms with Gasteiger partial charge in [-0.25, -0.2) is 4.90 Å². The molecule has 25 heavy (non-hydrogen) atoms. The fourth-order valence-corrected chi connectivity index (χ4v) is 3.44. The number of rotatable bonds is 4. The largest absolute Gasteiger partial charge is 0.497 e. The van der Waals surface area contributed by atoms with E-state index in [1.54, 1.807) is 7.11 Å². The smallest absolute Gasteiger partial charge is 0.258 e. The first-order valence-electron chi connectivity index (χ1n) is 8.24. The molecule has 2 heterocycles. The number of nitrogens with zero attached hydrogens (tertiary/aromatic N) is 3. The van der Waals surface area contributed by atoms with Crippen molar-refractivity contribution in [1.29, 1.82) is 0 Å². The second kappa shape index (κ2) is 6.16. The van der Waals surface area contributed by atoms with Gasteiger partial charge in [-0.15, -0.1) is 5.10 Å². The van der Waals surface area contributed by atoms with E-state index in [2.05, 4.69) is 15.2 Å². The fourth-order valence-electron chi connectivity index (χ4n) is 3.44. The van der Waals surface area contributed by atoms with Crippen molar-refractivity contribution in [3.05, 3.63) is 47.8 Å². The van der Waals surface area contributed by atoms with Crippen LogP contribution in [0.1, 0.15) is 24.2 Å². The van der Waals surface area contributed by atoms with Gasteiger partial charge in [-0.1, -0.05) is 24.3 Å². The van der Waals surface area contributed by atoms with Crippen LogP contribution in [0.15, 0.2) is 36.4 Å². The van der Waals surface area contributed by atoms with E-state index in [4.69, 9.17) is 4.74 Å². The molecule has 4 rings (SSSR count). The topological polar surface area (TPSA) is 88.2 Å². The molecular weight excluding hydrogens is 320 g/mol. The highest BCUT2D eigenvalue weighted by atomic mass is 16.5. The number of fused-ring (bicyclic) bond motifs is 1. The summed E-state index contributed by atoms with van der Waals surface area (Å²) in [6.45, 7) is 0. The molecule has 1 aromatic heterocycles. The molecule has 0 radical (unpaired) electrons. The van der Waals surface area contributed by atoms with Crippen molar-refractivity contribution in [1.82, 2.24) is 15.2 Å². The van der Waals surface area contributed by atoms with Gasteiger partial charge in [0.15, 0.2) is 0 Å². The Morgan fingerprint density at radius 3 is 2.60 bits per heavy atom. The quantitative estimate of drug-likeness (QED) is 0.679. The third-order valence-electron chi connectivity index (χ3n) is 4.73. The zero-order valence-electron chi connectivity index (χ0n) is 13.8. The Morgan fingerprint density at radius 1 is 1.20 bits per heavy atom. The van der Waals surface area contributed by atoms with E-state index in [1.165, 1.54) is 0 Å². The highest BCUT2D eigenvalue weighted by Gasteiger charge is 2.49. The molecule has 1 N–H and O–H groups in total. The molecule has 128 valence electrons. The number of H-pyrrole nitrogens is 1.